The summed E-state index contributed by atoms with van der Waals surface area (Å²) in [5.74, 6) is -1.08. The van der Waals surface area contributed by atoms with Crippen molar-refractivity contribution in [3.05, 3.63) is 102 Å². The monoisotopic (exact) mass is 474 g/mol. The Morgan fingerprint density at radius 3 is 1.86 bits per heavy atom. The summed E-state index contributed by atoms with van der Waals surface area (Å²) in [6.07, 6.45) is 0.991. The molecule has 3 aromatic carbocycles. The molecule has 3 N–H and O–H groups in total. The van der Waals surface area contributed by atoms with Crippen molar-refractivity contribution in [2.45, 2.75) is 20.3 Å². The second kappa shape index (κ2) is 12.9. The van der Waals surface area contributed by atoms with E-state index in [1.54, 1.807) is 0 Å². The van der Waals surface area contributed by atoms with Crippen LogP contribution < -0.4 is 4.74 Å². The molecule has 4 rings (SSSR count). The molecule has 3 aromatic rings. The van der Waals surface area contributed by atoms with Gasteiger partial charge in [0.2, 0.25) is 0 Å². The zero-order valence-corrected chi connectivity index (χ0v) is 20.0. The highest BCUT2D eigenvalue weighted by molar-refractivity contribution is 5.85. The Kier molecular flexibility index (Phi) is 9.99. The van der Waals surface area contributed by atoms with Crippen LogP contribution >= 0.6 is 0 Å². The number of hydrogen-bond acceptors (Lipinski definition) is 4. The number of ether oxygens (including phenoxy) is 1. The molecule has 0 fully saturated rings. The molecule has 0 saturated heterocycles. The molecule has 1 aliphatic rings. The zero-order chi connectivity index (χ0) is 26.0. The summed E-state index contributed by atoms with van der Waals surface area (Å²) in [7, 11) is 0. The van der Waals surface area contributed by atoms with Crippen LogP contribution in [0.5, 0.6) is 5.75 Å². The van der Waals surface area contributed by atoms with Gasteiger partial charge in [0, 0.05) is 11.1 Å². The van der Waals surface area contributed by atoms with E-state index in [1.807, 2.05) is 12.1 Å². The number of hydrogen-bond donors (Lipinski definition) is 3. The molecule has 35 heavy (non-hydrogen) atoms. The number of fused-ring (bicyclic) bond motifs is 3. The maximum atomic E-state index is 9.60. The molecule has 0 saturated carbocycles. The van der Waals surface area contributed by atoms with Gasteiger partial charge in [-0.05, 0) is 65.8 Å². The van der Waals surface area contributed by atoms with Crippen molar-refractivity contribution < 1.29 is 29.6 Å². The number of aliphatic hydroxyl groups is 1. The van der Waals surface area contributed by atoms with E-state index >= 15 is 0 Å². The molecule has 0 spiro atoms. The summed E-state index contributed by atoms with van der Waals surface area (Å²) in [6.45, 7) is 9.57. The third-order valence-electron chi connectivity index (χ3n) is 5.11. The molecule has 182 valence electrons. The fourth-order valence-corrected chi connectivity index (χ4v) is 3.32. The van der Waals surface area contributed by atoms with Gasteiger partial charge >= 0.3 is 11.9 Å². The van der Waals surface area contributed by atoms with Crippen LogP contribution in [0, 0.1) is 0 Å². The van der Waals surface area contributed by atoms with Crippen molar-refractivity contribution >= 4 is 11.9 Å². The molecule has 0 unspecified atom stereocenters. The largest absolute Gasteiger partial charge is 0.491 e. The van der Waals surface area contributed by atoms with Gasteiger partial charge in [0.05, 0.1) is 6.61 Å². The summed E-state index contributed by atoms with van der Waals surface area (Å²) < 4.78 is 5.44. The average Bonchev–Trinajstić information content (AvgIpc) is 3.22. The number of aliphatic hydroxyl groups excluding tert-OH is 1. The van der Waals surface area contributed by atoms with Crippen molar-refractivity contribution in [1.29, 1.82) is 0 Å². The molecule has 0 heterocycles. The predicted octanol–water partition coefficient (Wildman–Crippen LogP) is 5.59. The lowest BCUT2D eigenvalue weighted by molar-refractivity contribution is -0.133. The van der Waals surface area contributed by atoms with Crippen LogP contribution in [-0.2, 0) is 16.0 Å². The Bertz CT molecular complexity index is 1160. The standard InChI is InChI=1S/C21H18O2.2C4H6O2/c22-12-13-23-17-10-8-15(9-11-17)18-6-3-7-20-19-5-2-1-4-16(19)14-21(18)20;2*1-3(2)4(5)6/h1-11,22H,12-14H2;2*1H2,2H3,(H,5,6). The first-order valence-electron chi connectivity index (χ1n) is 11.0. The summed E-state index contributed by atoms with van der Waals surface area (Å²) >= 11 is 0. The topological polar surface area (TPSA) is 104 Å². The number of carbonyl (C=O) groups is 2. The van der Waals surface area contributed by atoms with Crippen LogP contribution in [0.1, 0.15) is 25.0 Å². The number of carboxylic acids is 2. The van der Waals surface area contributed by atoms with Gasteiger partial charge in [-0.3, -0.25) is 0 Å². The maximum Gasteiger partial charge on any atom is 0.330 e. The van der Waals surface area contributed by atoms with E-state index in [9.17, 15) is 9.59 Å². The maximum absolute atomic E-state index is 9.60. The van der Waals surface area contributed by atoms with Gasteiger partial charge in [-0.25, -0.2) is 9.59 Å². The summed E-state index contributed by atoms with van der Waals surface area (Å²) in [5, 5.41) is 24.6. The van der Waals surface area contributed by atoms with Crippen molar-refractivity contribution in [1.82, 2.24) is 0 Å². The molecule has 1 aliphatic carbocycles. The van der Waals surface area contributed by atoms with E-state index in [2.05, 4.69) is 67.8 Å². The number of benzene rings is 3. The van der Waals surface area contributed by atoms with Gasteiger partial charge in [0.1, 0.15) is 12.4 Å². The minimum atomic E-state index is -0.935. The van der Waals surface area contributed by atoms with Crippen molar-refractivity contribution in [3.8, 4) is 28.0 Å². The first-order valence-corrected chi connectivity index (χ1v) is 11.0. The van der Waals surface area contributed by atoms with E-state index in [0.717, 1.165) is 12.2 Å². The van der Waals surface area contributed by atoms with Crippen LogP contribution in [0.3, 0.4) is 0 Å². The quantitative estimate of drug-likeness (QED) is 0.315. The normalized spacial score (nSPS) is 10.4. The van der Waals surface area contributed by atoms with E-state index in [4.69, 9.17) is 20.1 Å². The van der Waals surface area contributed by atoms with Gasteiger partial charge in [-0.15, -0.1) is 0 Å². The molecule has 0 amide bonds. The summed E-state index contributed by atoms with van der Waals surface area (Å²) in [6, 6.07) is 23.3. The minimum absolute atomic E-state index is 0.0339. The number of carboxylic acid groups (broad SMARTS) is 2. The fourth-order valence-electron chi connectivity index (χ4n) is 3.32. The molecule has 6 heteroatoms. The summed E-state index contributed by atoms with van der Waals surface area (Å²) in [4.78, 5) is 19.2. The molecule has 6 nitrogen and oxygen atoms in total. The third kappa shape index (κ3) is 7.69. The fraction of sp³-hybridized carbons (Fsp3) is 0.172. The van der Waals surface area contributed by atoms with Crippen molar-refractivity contribution in [2.75, 3.05) is 13.2 Å². The molecule has 0 radical (unpaired) electrons. The van der Waals surface area contributed by atoms with Crippen LogP contribution in [0.2, 0.25) is 0 Å². The van der Waals surface area contributed by atoms with Gasteiger partial charge in [-0.2, -0.15) is 0 Å². The number of aliphatic carboxylic acids is 2. The van der Waals surface area contributed by atoms with Crippen LogP contribution in [0.4, 0.5) is 0 Å². The van der Waals surface area contributed by atoms with Crippen LogP contribution in [0.15, 0.2) is 91.0 Å². The molecular formula is C29H30O6. The Morgan fingerprint density at radius 2 is 1.31 bits per heavy atom. The molecular weight excluding hydrogens is 444 g/mol. The highest BCUT2D eigenvalue weighted by Crippen LogP contribution is 2.41. The summed E-state index contributed by atoms with van der Waals surface area (Å²) in [5.41, 5.74) is 8.34. The lowest BCUT2D eigenvalue weighted by Crippen LogP contribution is -2.01. The SMILES string of the molecule is C=C(C)C(=O)O.C=C(C)C(=O)O.OCCOc1ccc(-c2cccc3c2Cc2ccccc2-3)cc1. The van der Waals surface area contributed by atoms with Crippen molar-refractivity contribution in [2.24, 2.45) is 0 Å². The lowest BCUT2D eigenvalue weighted by atomic mass is 9.96. The third-order valence-corrected chi connectivity index (χ3v) is 5.11. The first-order chi connectivity index (χ1) is 16.6. The highest BCUT2D eigenvalue weighted by Gasteiger charge is 2.20. The smallest absolute Gasteiger partial charge is 0.330 e. The van der Waals surface area contributed by atoms with Crippen LogP contribution in [0.25, 0.3) is 22.3 Å². The predicted molar refractivity (Wildman–Crippen MR) is 138 cm³/mol. The Balaban J connectivity index is 0.000000301. The van der Waals surface area contributed by atoms with Gasteiger partial charge in [0.25, 0.3) is 0 Å². The van der Waals surface area contributed by atoms with Crippen LogP contribution in [-0.4, -0.2) is 40.5 Å². The van der Waals surface area contributed by atoms with Gasteiger partial charge in [0.15, 0.2) is 0 Å². The Hall–Kier alpha value is -4.16. The highest BCUT2D eigenvalue weighted by atomic mass is 16.5. The van der Waals surface area contributed by atoms with Gasteiger partial charge < -0.3 is 20.1 Å². The molecule has 0 aliphatic heterocycles. The van der Waals surface area contributed by atoms with E-state index in [-0.39, 0.29) is 17.8 Å². The second-order valence-corrected chi connectivity index (χ2v) is 7.93. The first kappa shape index (κ1) is 27.1. The zero-order valence-electron chi connectivity index (χ0n) is 20.0. The van der Waals surface area contributed by atoms with E-state index < -0.39 is 11.9 Å². The second-order valence-electron chi connectivity index (χ2n) is 7.93. The number of rotatable bonds is 6. The van der Waals surface area contributed by atoms with E-state index in [1.165, 1.54) is 47.2 Å². The Morgan fingerprint density at radius 1 is 0.800 bits per heavy atom. The molecule has 0 atom stereocenters. The average molecular weight is 475 g/mol. The van der Waals surface area contributed by atoms with Crippen molar-refractivity contribution in [3.63, 3.8) is 0 Å². The minimum Gasteiger partial charge on any atom is -0.491 e. The molecule has 0 aromatic heterocycles. The molecule has 0 bridgehead atoms. The van der Waals surface area contributed by atoms with E-state index in [0.29, 0.717) is 6.61 Å². The lowest BCUT2D eigenvalue weighted by Gasteiger charge is -2.10. The Labute approximate surface area is 205 Å². The van der Waals surface area contributed by atoms with Gasteiger partial charge in [-0.1, -0.05) is 67.8 Å².